The highest BCUT2D eigenvalue weighted by molar-refractivity contribution is 6.31. The fourth-order valence-electron chi connectivity index (χ4n) is 3.26. The highest BCUT2D eigenvalue weighted by atomic mass is 35.5. The number of halogens is 2. The zero-order valence-electron chi connectivity index (χ0n) is 10.9. The van der Waals surface area contributed by atoms with Crippen LogP contribution in [0.1, 0.15) is 38.5 Å². The molecule has 2 nitrogen and oxygen atoms in total. The molecule has 1 aliphatic heterocycles. The maximum atomic E-state index is 13.1. The topological polar surface area (TPSA) is 21.3 Å². The van der Waals surface area contributed by atoms with Gasteiger partial charge in [-0.25, -0.2) is 4.39 Å². The van der Waals surface area contributed by atoms with Crippen molar-refractivity contribution in [3.63, 3.8) is 0 Å². The largest absolute Gasteiger partial charge is 0.382 e. The average molecular weight is 284 g/mol. The molecule has 2 aliphatic rings. The van der Waals surface area contributed by atoms with Gasteiger partial charge in [-0.3, -0.25) is 0 Å². The summed E-state index contributed by atoms with van der Waals surface area (Å²) in [7, 11) is 0. The van der Waals surface area contributed by atoms with Crippen molar-refractivity contribution in [2.75, 3.05) is 11.9 Å². The SMILES string of the molecule is Fc1ccc(NCC2CCC3(CCCC3)O2)cc1Cl. The van der Waals surface area contributed by atoms with E-state index in [1.165, 1.54) is 38.2 Å². The van der Waals surface area contributed by atoms with Crippen LogP contribution in [0.5, 0.6) is 0 Å². The van der Waals surface area contributed by atoms with Gasteiger partial charge in [0.1, 0.15) is 5.82 Å². The summed E-state index contributed by atoms with van der Waals surface area (Å²) in [4.78, 5) is 0. The summed E-state index contributed by atoms with van der Waals surface area (Å²) in [5.41, 5.74) is 1.02. The third-order valence-electron chi connectivity index (χ3n) is 4.31. The average Bonchev–Trinajstić information content (AvgIpc) is 3.02. The predicted octanol–water partition coefficient (Wildman–Crippen LogP) is 4.38. The van der Waals surface area contributed by atoms with Gasteiger partial charge in [0.05, 0.1) is 16.7 Å². The number of rotatable bonds is 3. The fourth-order valence-corrected chi connectivity index (χ4v) is 3.44. The predicted molar refractivity (Wildman–Crippen MR) is 75.2 cm³/mol. The van der Waals surface area contributed by atoms with Crippen molar-refractivity contribution in [1.29, 1.82) is 0 Å². The van der Waals surface area contributed by atoms with E-state index in [9.17, 15) is 4.39 Å². The molecular formula is C15H19ClFNO. The molecule has 1 saturated heterocycles. The lowest BCUT2D eigenvalue weighted by Gasteiger charge is -2.24. The maximum Gasteiger partial charge on any atom is 0.141 e. The van der Waals surface area contributed by atoms with Crippen LogP contribution in [0.2, 0.25) is 5.02 Å². The lowest BCUT2D eigenvalue weighted by Crippen LogP contribution is -2.27. The highest BCUT2D eigenvalue weighted by Gasteiger charge is 2.41. The van der Waals surface area contributed by atoms with E-state index in [0.29, 0.717) is 0 Å². The Morgan fingerprint density at radius 1 is 1.32 bits per heavy atom. The molecular weight excluding hydrogens is 265 g/mol. The normalized spacial score (nSPS) is 25.1. The van der Waals surface area contributed by atoms with Gasteiger partial charge >= 0.3 is 0 Å². The van der Waals surface area contributed by atoms with Gasteiger partial charge in [-0.1, -0.05) is 24.4 Å². The summed E-state index contributed by atoms with van der Waals surface area (Å²) in [5.74, 6) is -0.380. The molecule has 3 rings (SSSR count). The van der Waals surface area contributed by atoms with E-state index >= 15 is 0 Å². The van der Waals surface area contributed by atoms with Gasteiger partial charge in [-0.15, -0.1) is 0 Å². The van der Waals surface area contributed by atoms with Crippen molar-refractivity contribution < 1.29 is 9.13 Å². The molecule has 1 heterocycles. The molecule has 1 spiro atoms. The number of anilines is 1. The van der Waals surface area contributed by atoms with Gasteiger partial charge in [0.15, 0.2) is 0 Å². The number of hydrogen-bond donors (Lipinski definition) is 1. The first kappa shape index (κ1) is 13.2. The Morgan fingerprint density at radius 3 is 2.84 bits per heavy atom. The first-order valence-electron chi connectivity index (χ1n) is 7.04. The van der Waals surface area contributed by atoms with Crippen molar-refractivity contribution in [1.82, 2.24) is 0 Å². The molecule has 1 saturated carbocycles. The van der Waals surface area contributed by atoms with E-state index in [1.54, 1.807) is 12.1 Å². The van der Waals surface area contributed by atoms with Crippen LogP contribution in [0.15, 0.2) is 18.2 Å². The minimum atomic E-state index is -0.380. The monoisotopic (exact) mass is 283 g/mol. The molecule has 1 N–H and O–H groups in total. The zero-order valence-corrected chi connectivity index (χ0v) is 11.7. The van der Waals surface area contributed by atoms with Gasteiger partial charge in [0, 0.05) is 12.2 Å². The maximum absolute atomic E-state index is 13.1. The van der Waals surface area contributed by atoms with Gasteiger partial charge in [-0.2, -0.15) is 0 Å². The minimum Gasteiger partial charge on any atom is -0.382 e. The molecule has 1 aliphatic carbocycles. The molecule has 1 aromatic carbocycles. The van der Waals surface area contributed by atoms with E-state index in [2.05, 4.69) is 5.32 Å². The van der Waals surface area contributed by atoms with Crippen LogP contribution in [0.25, 0.3) is 0 Å². The Morgan fingerprint density at radius 2 is 2.11 bits per heavy atom. The van der Waals surface area contributed by atoms with Crippen LogP contribution in [0.4, 0.5) is 10.1 Å². The molecule has 2 fully saturated rings. The molecule has 0 radical (unpaired) electrons. The fraction of sp³-hybridized carbons (Fsp3) is 0.600. The summed E-state index contributed by atoms with van der Waals surface area (Å²) in [5, 5.41) is 3.44. The Kier molecular flexibility index (Phi) is 3.68. The molecule has 0 bridgehead atoms. The van der Waals surface area contributed by atoms with Crippen LogP contribution in [-0.2, 0) is 4.74 Å². The lowest BCUT2D eigenvalue weighted by atomic mass is 9.98. The third-order valence-corrected chi connectivity index (χ3v) is 4.60. The second-order valence-electron chi connectivity index (χ2n) is 5.68. The first-order valence-corrected chi connectivity index (χ1v) is 7.41. The standard InChI is InChI=1S/C15H19ClFNO/c16-13-9-11(3-4-14(13)17)18-10-12-5-8-15(19-12)6-1-2-7-15/h3-4,9,12,18H,1-2,5-8,10H2. The van der Waals surface area contributed by atoms with Crippen molar-refractivity contribution in [3.8, 4) is 0 Å². The molecule has 1 atom stereocenters. The first-order chi connectivity index (χ1) is 9.17. The van der Waals surface area contributed by atoms with E-state index in [4.69, 9.17) is 16.3 Å². The number of benzene rings is 1. The summed E-state index contributed by atoms with van der Waals surface area (Å²) in [6.45, 7) is 0.768. The van der Waals surface area contributed by atoms with Crippen molar-refractivity contribution in [2.24, 2.45) is 0 Å². The van der Waals surface area contributed by atoms with Crippen molar-refractivity contribution >= 4 is 17.3 Å². The van der Waals surface area contributed by atoms with Crippen LogP contribution in [0, 0.1) is 5.82 Å². The Bertz CT molecular complexity index is 459. The summed E-state index contributed by atoms with van der Waals surface area (Å²) in [6.07, 6.45) is 7.59. The van der Waals surface area contributed by atoms with Gasteiger partial charge < -0.3 is 10.1 Å². The smallest absolute Gasteiger partial charge is 0.141 e. The van der Waals surface area contributed by atoms with Crippen LogP contribution in [-0.4, -0.2) is 18.2 Å². The molecule has 1 aromatic rings. The van der Waals surface area contributed by atoms with Crippen molar-refractivity contribution in [2.45, 2.75) is 50.2 Å². The Hall–Kier alpha value is -0.800. The zero-order chi connectivity index (χ0) is 13.3. The van der Waals surface area contributed by atoms with Crippen LogP contribution in [0.3, 0.4) is 0 Å². The Balaban J connectivity index is 1.54. The molecule has 104 valence electrons. The molecule has 19 heavy (non-hydrogen) atoms. The number of hydrogen-bond acceptors (Lipinski definition) is 2. The molecule has 1 unspecified atom stereocenters. The van der Waals surface area contributed by atoms with Crippen molar-refractivity contribution in [3.05, 3.63) is 29.0 Å². The quantitative estimate of drug-likeness (QED) is 0.889. The van der Waals surface area contributed by atoms with Crippen LogP contribution < -0.4 is 5.32 Å². The van der Waals surface area contributed by atoms with E-state index in [0.717, 1.165) is 18.7 Å². The molecule has 4 heteroatoms. The lowest BCUT2D eigenvalue weighted by molar-refractivity contribution is -0.0307. The van der Waals surface area contributed by atoms with Crippen LogP contribution >= 0.6 is 11.6 Å². The minimum absolute atomic E-state index is 0.157. The number of ether oxygens (including phenoxy) is 1. The van der Waals surface area contributed by atoms with Gasteiger partial charge in [0.2, 0.25) is 0 Å². The van der Waals surface area contributed by atoms with E-state index < -0.39 is 0 Å². The number of nitrogens with one attached hydrogen (secondary N) is 1. The summed E-state index contributed by atoms with van der Waals surface area (Å²) >= 11 is 5.76. The van der Waals surface area contributed by atoms with E-state index in [1.807, 2.05) is 0 Å². The summed E-state index contributed by atoms with van der Waals surface area (Å²) in [6, 6.07) is 4.72. The Labute approximate surface area is 118 Å². The van der Waals surface area contributed by atoms with Gasteiger partial charge in [-0.05, 0) is 43.9 Å². The van der Waals surface area contributed by atoms with E-state index in [-0.39, 0.29) is 22.5 Å². The highest BCUT2D eigenvalue weighted by Crippen LogP contribution is 2.43. The molecule has 0 amide bonds. The summed E-state index contributed by atoms with van der Waals surface area (Å²) < 4.78 is 19.3. The second-order valence-corrected chi connectivity index (χ2v) is 6.09. The van der Waals surface area contributed by atoms with Gasteiger partial charge in [0.25, 0.3) is 0 Å². The molecule has 0 aromatic heterocycles. The third kappa shape index (κ3) is 2.87. The second kappa shape index (κ2) is 5.29.